The summed E-state index contributed by atoms with van der Waals surface area (Å²) in [5.41, 5.74) is 1.17. The fraction of sp³-hybridized carbons (Fsp3) is 0.231. The maximum atomic E-state index is 10.9. The fourth-order valence-corrected chi connectivity index (χ4v) is 1.11. The van der Waals surface area contributed by atoms with Gasteiger partial charge in [-0.2, -0.15) is 0 Å². The summed E-state index contributed by atoms with van der Waals surface area (Å²) in [6.45, 7) is 3.53. The molecule has 0 amide bonds. The van der Waals surface area contributed by atoms with Crippen molar-refractivity contribution in [2.75, 3.05) is 6.61 Å². The van der Waals surface area contributed by atoms with E-state index in [9.17, 15) is 9.59 Å². The lowest BCUT2D eigenvalue weighted by Crippen LogP contribution is -2.00. The van der Waals surface area contributed by atoms with Crippen LogP contribution in [0.15, 0.2) is 35.9 Å². The minimum absolute atomic E-state index is 0.0206. The number of allylic oxidation sites excluding steroid dienone is 1. The van der Waals surface area contributed by atoms with E-state index in [2.05, 4.69) is 0 Å². The lowest BCUT2D eigenvalue weighted by molar-refractivity contribution is -0.113. The number of hydrogen-bond acceptors (Lipinski definition) is 3. The number of rotatable bonds is 5. The van der Waals surface area contributed by atoms with E-state index in [1.165, 1.54) is 6.92 Å². The third-order valence-corrected chi connectivity index (χ3v) is 2.23. The Labute approximate surface area is 94.7 Å². The van der Waals surface area contributed by atoms with E-state index < -0.39 is 0 Å². The summed E-state index contributed by atoms with van der Waals surface area (Å²) in [5, 5.41) is 0. The predicted octanol–water partition coefficient (Wildman–Crippen LogP) is 2.41. The van der Waals surface area contributed by atoms with Crippen molar-refractivity contribution in [1.82, 2.24) is 0 Å². The molecule has 0 fully saturated rings. The molecule has 0 N–H and O–H groups in total. The van der Waals surface area contributed by atoms with Gasteiger partial charge in [0.25, 0.3) is 0 Å². The lowest BCUT2D eigenvalue weighted by atomic mass is 10.2. The zero-order chi connectivity index (χ0) is 12.0. The molecule has 3 nitrogen and oxygen atoms in total. The molecule has 1 aromatic rings. The Hall–Kier alpha value is -1.90. The summed E-state index contributed by atoms with van der Waals surface area (Å²) in [6.07, 6.45) is 2.45. The summed E-state index contributed by atoms with van der Waals surface area (Å²) in [7, 11) is 0. The van der Waals surface area contributed by atoms with Gasteiger partial charge in [0.05, 0.1) is 5.56 Å². The van der Waals surface area contributed by atoms with Crippen molar-refractivity contribution in [3.63, 3.8) is 0 Å². The summed E-state index contributed by atoms with van der Waals surface area (Å²) in [6, 6.07) is 6.97. The van der Waals surface area contributed by atoms with Crippen molar-refractivity contribution in [2.45, 2.75) is 13.8 Å². The minimum atomic E-state index is 0.0206. The van der Waals surface area contributed by atoms with Gasteiger partial charge in [-0.1, -0.05) is 12.1 Å². The van der Waals surface area contributed by atoms with Crippen LogP contribution in [0.5, 0.6) is 5.75 Å². The van der Waals surface area contributed by atoms with Crippen LogP contribution in [-0.2, 0) is 4.79 Å². The van der Waals surface area contributed by atoms with Crippen LogP contribution in [-0.4, -0.2) is 18.7 Å². The Morgan fingerprint density at radius 2 is 2.00 bits per heavy atom. The molecule has 0 unspecified atom stereocenters. The van der Waals surface area contributed by atoms with E-state index >= 15 is 0 Å². The van der Waals surface area contributed by atoms with Gasteiger partial charge in [-0.05, 0) is 37.6 Å². The second-order valence-electron chi connectivity index (χ2n) is 3.41. The van der Waals surface area contributed by atoms with Crippen LogP contribution >= 0.6 is 0 Å². The van der Waals surface area contributed by atoms with Gasteiger partial charge < -0.3 is 4.74 Å². The third-order valence-electron chi connectivity index (χ3n) is 2.23. The summed E-state index contributed by atoms with van der Waals surface area (Å²) >= 11 is 0. The molecule has 1 aromatic carbocycles. The number of carbonyl (C=O) groups is 2. The Kier molecular flexibility index (Phi) is 4.45. The average Bonchev–Trinajstić information content (AvgIpc) is 2.29. The van der Waals surface area contributed by atoms with Crippen LogP contribution in [0, 0.1) is 0 Å². The van der Waals surface area contributed by atoms with E-state index in [1.807, 2.05) is 0 Å². The van der Waals surface area contributed by atoms with Gasteiger partial charge in [-0.3, -0.25) is 9.59 Å². The Balaban J connectivity index is 2.65. The SMILES string of the molecule is CC(=O)/C(C)=C/COc1ccccc1C=O. The van der Waals surface area contributed by atoms with E-state index in [4.69, 9.17) is 4.74 Å². The molecule has 1 rings (SSSR count). The number of ketones is 1. The molecule has 0 aliphatic heterocycles. The van der Waals surface area contributed by atoms with Gasteiger partial charge in [0.2, 0.25) is 0 Å². The van der Waals surface area contributed by atoms with Crippen LogP contribution in [0.1, 0.15) is 24.2 Å². The fourth-order valence-electron chi connectivity index (χ4n) is 1.11. The molecule has 84 valence electrons. The van der Waals surface area contributed by atoms with Crippen molar-refractivity contribution in [1.29, 1.82) is 0 Å². The number of aldehydes is 1. The Morgan fingerprint density at radius 1 is 1.31 bits per heavy atom. The molecule has 0 bridgehead atoms. The zero-order valence-electron chi connectivity index (χ0n) is 9.40. The highest BCUT2D eigenvalue weighted by atomic mass is 16.5. The van der Waals surface area contributed by atoms with Gasteiger partial charge in [0, 0.05) is 0 Å². The van der Waals surface area contributed by atoms with Crippen molar-refractivity contribution in [2.24, 2.45) is 0 Å². The van der Waals surface area contributed by atoms with Crippen LogP contribution < -0.4 is 4.74 Å². The van der Waals surface area contributed by atoms with E-state index in [-0.39, 0.29) is 12.4 Å². The average molecular weight is 218 g/mol. The van der Waals surface area contributed by atoms with Gasteiger partial charge in [-0.15, -0.1) is 0 Å². The van der Waals surface area contributed by atoms with Gasteiger partial charge in [0.15, 0.2) is 12.1 Å². The van der Waals surface area contributed by atoms with Crippen molar-refractivity contribution in [3.8, 4) is 5.75 Å². The van der Waals surface area contributed by atoms with Gasteiger partial charge in [-0.25, -0.2) is 0 Å². The largest absolute Gasteiger partial charge is 0.489 e. The molecule has 0 aliphatic rings. The maximum Gasteiger partial charge on any atom is 0.155 e. The van der Waals surface area contributed by atoms with Crippen molar-refractivity contribution >= 4 is 12.1 Å². The molecule has 0 atom stereocenters. The first-order valence-corrected chi connectivity index (χ1v) is 5.00. The maximum absolute atomic E-state index is 10.9. The van der Waals surface area contributed by atoms with Crippen molar-refractivity contribution < 1.29 is 14.3 Å². The quantitative estimate of drug-likeness (QED) is 0.563. The zero-order valence-corrected chi connectivity index (χ0v) is 9.40. The standard InChI is InChI=1S/C13H14O3/c1-10(11(2)15)7-8-16-13-6-4-3-5-12(13)9-14/h3-7,9H,8H2,1-2H3/b10-7+. The molecule has 0 aliphatic carbocycles. The van der Waals surface area contributed by atoms with E-state index in [1.54, 1.807) is 37.3 Å². The first-order valence-electron chi connectivity index (χ1n) is 5.00. The first-order chi connectivity index (χ1) is 7.65. The van der Waals surface area contributed by atoms with E-state index in [0.29, 0.717) is 16.9 Å². The molecule has 0 aromatic heterocycles. The summed E-state index contributed by atoms with van der Waals surface area (Å²) in [5.74, 6) is 0.553. The monoisotopic (exact) mass is 218 g/mol. The van der Waals surface area contributed by atoms with Crippen LogP contribution in [0.4, 0.5) is 0 Å². The number of ether oxygens (including phenoxy) is 1. The third kappa shape index (κ3) is 3.35. The molecule has 0 saturated carbocycles. The normalized spacial score (nSPS) is 11.0. The van der Waals surface area contributed by atoms with Gasteiger partial charge >= 0.3 is 0 Å². The molecular weight excluding hydrogens is 204 g/mol. The highest BCUT2D eigenvalue weighted by Crippen LogP contribution is 2.15. The number of Topliss-reactive ketones (excluding diaryl/α,β-unsaturated/α-hetero) is 1. The Morgan fingerprint density at radius 3 is 2.62 bits per heavy atom. The highest BCUT2D eigenvalue weighted by molar-refractivity contribution is 5.92. The predicted molar refractivity (Wildman–Crippen MR) is 61.8 cm³/mol. The summed E-state index contributed by atoms with van der Waals surface area (Å²) in [4.78, 5) is 21.6. The molecular formula is C13H14O3. The number of carbonyl (C=O) groups excluding carboxylic acids is 2. The molecule has 3 heteroatoms. The topological polar surface area (TPSA) is 43.4 Å². The van der Waals surface area contributed by atoms with Gasteiger partial charge in [0.1, 0.15) is 12.4 Å². The van der Waals surface area contributed by atoms with Crippen molar-refractivity contribution in [3.05, 3.63) is 41.5 Å². The van der Waals surface area contributed by atoms with E-state index in [0.717, 1.165) is 6.29 Å². The lowest BCUT2D eigenvalue weighted by Gasteiger charge is -2.05. The second kappa shape index (κ2) is 5.85. The summed E-state index contributed by atoms with van der Waals surface area (Å²) < 4.78 is 5.39. The molecule has 0 spiro atoms. The number of benzene rings is 1. The second-order valence-corrected chi connectivity index (χ2v) is 3.41. The van der Waals surface area contributed by atoms with Crippen LogP contribution in [0.3, 0.4) is 0 Å². The number of hydrogen-bond donors (Lipinski definition) is 0. The number of para-hydroxylation sites is 1. The first kappa shape index (κ1) is 12.2. The minimum Gasteiger partial charge on any atom is -0.489 e. The smallest absolute Gasteiger partial charge is 0.155 e. The molecule has 0 heterocycles. The van der Waals surface area contributed by atoms with Crippen LogP contribution in [0.2, 0.25) is 0 Å². The molecule has 0 saturated heterocycles. The molecule has 16 heavy (non-hydrogen) atoms. The Bertz CT molecular complexity index is 419. The van der Waals surface area contributed by atoms with Crippen LogP contribution in [0.25, 0.3) is 0 Å². The molecule has 0 radical (unpaired) electrons. The highest BCUT2D eigenvalue weighted by Gasteiger charge is 2.00.